The van der Waals surface area contributed by atoms with Crippen LogP contribution in [0.25, 0.3) is 0 Å². The number of nitrogens with one attached hydrogen (secondary N) is 1. The summed E-state index contributed by atoms with van der Waals surface area (Å²) in [7, 11) is 1.89. The predicted molar refractivity (Wildman–Crippen MR) is 87.2 cm³/mol. The van der Waals surface area contributed by atoms with E-state index in [-0.39, 0.29) is 11.9 Å². The molecule has 1 aliphatic heterocycles. The lowest BCUT2D eigenvalue weighted by atomic mass is 10.1. The van der Waals surface area contributed by atoms with Gasteiger partial charge in [0.15, 0.2) is 0 Å². The van der Waals surface area contributed by atoms with Crippen molar-refractivity contribution in [3.63, 3.8) is 0 Å². The SMILES string of the molecule is CNC(C)c1ccc(N2CCSC(C)(C)CC2)c(F)c1. The number of hydrogen-bond donors (Lipinski definition) is 1. The highest BCUT2D eigenvalue weighted by molar-refractivity contribution is 8.00. The Balaban J connectivity index is 2.16. The van der Waals surface area contributed by atoms with Crippen LogP contribution in [-0.4, -0.2) is 30.6 Å². The minimum atomic E-state index is -0.102. The van der Waals surface area contributed by atoms with E-state index in [0.29, 0.717) is 4.75 Å². The molecule has 1 aliphatic rings. The van der Waals surface area contributed by atoms with Crippen molar-refractivity contribution in [2.45, 2.75) is 38.0 Å². The van der Waals surface area contributed by atoms with Crippen LogP contribution < -0.4 is 10.2 Å². The summed E-state index contributed by atoms with van der Waals surface area (Å²) in [5.41, 5.74) is 1.74. The Morgan fingerprint density at radius 2 is 2.10 bits per heavy atom. The van der Waals surface area contributed by atoms with Gasteiger partial charge in [0.1, 0.15) is 5.82 Å². The first kappa shape index (κ1) is 15.6. The van der Waals surface area contributed by atoms with Crippen LogP contribution in [-0.2, 0) is 0 Å². The summed E-state index contributed by atoms with van der Waals surface area (Å²) in [5.74, 6) is 0.954. The lowest BCUT2D eigenvalue weighted by Gasteiger charge is -2.25. The third-order valence-electron chi connectivity index (χ3n) is 4.08. The summed E-state index contributed by atoms with van der Waals surface area (Å²) in [6.45, 7) is 8.44. The molecule has 0 radical (unpaired) electrons. The Hall–Kier alpha value is -0.740. The van der Waals surface area contributed by atoms with E-state index < -0.39 is 0 Å². The van der Waals surface area contributed by atoms with Gasteiger partial charge in [0.2, 0.25) is 0 Å². The highest BCUT2D eigenvalue weighted by Crippen LogP contribution is 2.33. The molecule has 1 fully saturated rings. The fourth-order valence-electron chi connectivity index (χ4n) is 2.48. The number of benzene rings is 1. The Kier molecular flexibility index (Phi) is 4.97. The van der Waals surface area contributed by atoms with Gasteiger partial charge in [0.05, 0.1) is 5.69 Å². The number of hydrogen-bond acceptors (Lipinski definition) is 3. The summed E-state index contributed by atoms with van der Waals surface area (Å²) in [6.07, 6.45) is 1.09. The molecule has 0 saturated carbocycles. The summed E-state index contributed by atoms with van der Waals surface area (Å²) in [5, 5.41) is 3.14. The molecular weight excluding hydrogens is 271 g/mol. The Bertz CT molecular complexity index is 462. The molecule has 20 heavy (non-hydrogen) atoms. The van der Waals surface area contributed by atoms with E-state index in [9.17, 15) is 4.39 Å². The lowest BCUT2D eigenvalue weighted by molar-refractivity contribution is 0.592. The molecule has 1 heterocycles. The van der Waals surface area contributed by atoms with E-state index in [1.165, 1.54) is 0 Å². The molecule has 2 nitrogen and oxygen atoms in total. The minimum absolute atomic E-state index is 0.102. The molecule has 1 aromatic rings. The van der Waals surface area contributed by atoms with Gasteiger partial charge in [-0.05, 0) is 38.1 Å². The Morgan fingerprint density at radius 3 is 2.75 bits per heavy atom. The van der Waals surface area contributed by atoms with Gasteiger partial charge in [-0.3, -0.25) is 0 Å². The van der Waals surface area contributed by atoms with Crippen LogP contribution in [0.4, 0.5) is 10.1 Å². The standard InChI is InChI=1S/C16H25FN2S/c1-12(18-4)13-5-6-15(14(17)11-13)19-8-7-16(2,3)20-10-9-19/h5-6,11-12,18H,7-10H2,1-4H3. The molecule has 112 valence electrons. The van der Waals surface area contributed by atoms with Crippen LogP contribution in [0.15, 0.2) is 18.2 Å². The van der Waals surface area contributed by atoms with Crippen molar-refractivity contribution >= 4 is 17.4 Å². The van der Waals surface area contributed by atoms with Crippen molar-refractivity contribution in [3.8, 4) is 0 Å². The van der Waals surface area contributed by atoms with Gasteiger partial charge in [0, 0.05) is 29.6 Å². The van der Waals surface area contributed by atoms with Crippen LogP contribution in [0.2, 0.25) is 0 Å². The summed E-state index contributed by atoms with van der Waals surface area (Å²) in [4.78, 5) is 2.19. The predicted octanol–water partition coefficient (Wildman–Crippen LogP) is 3.83. The quantitative estimate of drug-likeness (QED) is 0.912. The van der Waals surface area contributed by atoms with Crippen molar-refractivity contribution in [3.05, 3.63) is 29.6 Å². The minimum Gasteiger partial charge on any atom is -0.368 e. The van der Waals surface area contributed by atoms with Crippen LogP contribution in [0.1, 0.15) is 38.8 Å². The summed E-state index contributed by atoms with van der Waals surface area (Å²) >= 11 is 1.98. The molecule has 0 aliphatic carbocycles. The first-order chi connectivity index (χ1) is 9.43. The van der Waals surface area contributed by atoms with E-state index in [1.54, 1.807) is 6.07 Å². The molecule has 0 spiro atoms. The number of thioether (sulfide) groups is 1. The molecule has 4 heteroatoms. The van der Waals surface area contributed by atoms with Gasteiger partial charge in [-0.1, -0.05) is 19.9 Å². The number of nitrogens with zero attached hydrogens (tertiary/aromatic N) is 1. The van der Waals surface area contributed by atoms with E-state index in [1.807, 2.05) is 37.9 Å². The highest BCUT2D eigenvalue weighted by Gasteiger charge is 2.25. The molecule has 0 amide bonds. The zero-order valence-corrected chi connectivity index (χ0v) is 13.7. The lowest BCUT2D eigenvalue weighted by Crippen LogP contribution is -2.28. The van der Waals surface area contributed by atoms with Crippen molar-refractivity contribution in [2.75, 3.05) is 30.8 Å². The number of anilines is 1. The van der Waals surface area contributed by atoms with Crippen molar-refractivity contribution < 1.29 is 4.39 Å². The van der Waals surface area contributed by atoms with Crippen molar-refractivity contribution in [2.24, 2.45) is 0 Å². The average molecular weight is 296 g/mol. The third kappa shape index (κ3) is 3.67. The maximum atomic E-state index is 14.4. The number of halogens is 1. The van der Waals surface area contributed by atoms with Gasteiger partial charge >= 0.3 is 0 Å². The molecule has 0 bridgehead atoms. The van der Waals surface area contributed by atoms with Crippen LogP contribution in [0.3, 0.4) is 0 Å². The topological polar surface area (TPSA) is 15.3 Å². The van der Waals surface area contributed by atoms with E-state index in [2.05, 4.69) is 24.1 Å². The van der Waals surface area contributed by atoms with Gasteiger partial charge in [-0.25, -0.2) is 4.39 Å². The molecular formula is C16H25FN2S. The molecule has 0 aromatic heterocycles. The van der Waals surface area contributed by atoms with Gasteiger partial charge in [0.25, 0.3) is 0 Å². The monoisotopic (exact) mass is 296 g/mol. The second kappa shape index (κ2) is 6.35. The van der Waals surface area contributed by atoms with Crippen LogP contribution in [0.5, 0.6) is 0 Å². The molecule has 1 unspecified atom stereocenters. The largest absolute Gasteiger partial charge is 0.368 e. The normalized spacial score (nSPS) is 20.6. The van der Waals surface area contributed by atoms with Crippen molar-refractivity contribution in [1.82, 2.24) is 5.32 Å². The first-order valence-electron chi connectivity index (χ1n) is 7.28. The Morgan fingerprint density at radius 1 is 1.35 bits per heavy atom. The smallest absolute Gasteiger partial charge is 0.146 e. The van der Waals surface area contributed by atoms with Gasteiger partial charge in [-0.15, -0.1) is 0 Å². The molecule has 1 N–H and O–H groups in total. The molecule has 1 saturated heterocycles. The molecule has 2 rings (SSSR count). The van der Waals surface area contributed by atoms with E-state index in [0.717, 1.165) is 36.5 Å². The van der Waals surface area contributed by atoms with Crippen LogP contribution >= 0.6 is 11.8 Å². The first-order valence-corrected chi connectivity index (χ1v) is 8.27. The molecule has 1 atom stereocenters. The maximum absolute atomic E-state index is 14.4. The van der Waals surface area contributed by atoms with Crippen molar-refractivity contribution in [1.29, 1.82) is 0 Å². The highest BCUT2D eigenvalue weighted by atomic mass is 32.2. The average Bonchev–Trinajstić information content (AvgIpc) is 2.59. The summed E-state index contributed by atoms with van der Waals surface area (Å²) < 4.78 is 14.7. The second-order valence-electron chi connectivity index (χ2n) is 6.07. The van der Waals surface area contributed by atoms with Gasteiger partial charge in [-0.2, -0.15) is 11.8 Å². The maximum Gasteiger partial charge on any atom is 0.146 e. The zero-order chi connectivity index (χ0) is 14.8. The number of rotatable bonds is 3. The van der Waals surface area contributed by atoms with E-state index >= 15 is 0 Å². The van der Waals surface area contributed by atoms with Gasteiger partial charge < -0.3 is 10.2 Å². The summed E-state index contributed by atoms with van der Waals surface area (Å²) in [6, 6.07) is 5.81. The second-order valence-corrected chi connectivity index (χ2v) is 7.87. The molecule has 1 aromatic carbocycles. The third-order valence-corrected chi connectivity index (χ3v) is 5.46. The van der Waals surface area contributed by atoms with E-state index in [4.69, 9.17) is 0 Å². The fraction of sp³-hybridized carbons (Fsp3) is 0.625. The van der Waals surface area contributed by atoms with Crippen LogP contribution in [0, 0.1) is 5.82 Å². The Labute approximate surface area is 126 Å². The fourth-order valence-corrected chi connectivity index (χ4v) is 3.58. The zero-order valence-electron chi connectivity index (χ0n) is 12.9.